The first-order valence-electron chi connectivity index (χ1n) is 8.33. The molecular weight excluding hydrogens is 332 g/mol. The molecule has 0 saturated carbocycles. The van der Waals surface area contributed by atoms with E-state index in [1.54, 1.807) is 30.9 Å². The van der Waals surface area contributed by atoms with Crippen LogP contribution < -0.4 is 5.73 Å². The standard InChI is InChI=1S/C18H18N6O2/c1-3-26-18(25)10(2)24-9-13-16(23-24)12-5-4-11(14-6-7-20-22-14)8-15(12)21-17(13)19/h4-10H,3H2,1-2H3,(H2,19,21)(H,20,22). The van der Waals surface area contributed by atoms with Crippen molar-refractivity contribution in [2.75, 3.05) is 12.3 Å². The summed E-state index contributed by atoms with van der Waals surface area (Å²) in [7, 11) is 0. The summed E-state index contributed by atoms with van der Waals surface area (Å²) in [6.07, 6.45) is 3.43. The Kier molecular flexibility index (Phi) is 3.80. The molecule has 3 aromatic heterocycles. The van der Waals surface area contributed by atoms with Crippen LogP contribution in [0.1, 0.15) is 19.9 Å². The molecule has 0 spiro atoms. The van der Waals surface area contributed by atoms with E-state index in [1.165, 1.54) is 0 Å². The fraction of sp³-hybridized carbons (Fsp3) is 0.222. The van der Waals surface area contributed by atoms with Gasteiger partial charge in [-0.05, 0) is 32.0 Å². The zero-order valence-corrected chi connectivity index (χ0v) is 14.4. The Morgan fingerprint density at radius 2 is 2.19 bits per heavy atom. The fourth-order valence-electron chi connectivity index (χ4n) is 2.95. The van der Waals surface area contributed by atoms with Gasteiger partial charge in [0.1, 0.15) is 17.4 Å². The second kappa shape index (κ2) is 6.14. The van der Waals surface area contributed by atoms with Gasteiger partial charge in [-0.25, -0.2) is 9.78 Å². The van der Waals surface area contributed by atoms with Crippen molar-refractivity contribution < 1.29 is 9.53 Å². The molecule has 0 aliphatic heterocycles. The highest BCUT2D eigenvalue weighted by Gasteiger charge is 2.20. The maximum Gasteiger partial charge on any atom is 0.330 e. The topological polar surface area (TPSA) is 112 Å². The molecule has 1 atom stereocenters. The molecule has 8 nitrogen and oxygen atoms in total. The van der Waals surface area contributed by atoms with Gasteiger partial charge >= 0.3 is 5.97 Å². The number of pyridine rings is 1. The number of hydrogen-bond acceptors (Lipinski definition) is 6. The lowest BCUT2D eigenvalue weighted by Crippen LogP contribution is -2.19. The van der Waals surface area contributed by atoms with Crippen molar-refractivity contribution in [2.24, 2.45) is 0 Å². The fourth-order valence-corrected chi connectivity index (χ4v) is 2.95. The van der Waals surface area contributed by atoms with Crippen LogP contribution >= 0.6 is 0 Å². The smallest absolute Gasteiger partial charge is 0.330 e. The van der Waals surface area contributed by atoms with Gasteiger partial charge in [-0.3, -0.25) is 9.78 Å². The maximum absolute atomic E-state index is 12.0. The molecule has 26 heavy (non-hydrogen) atoms. The molecule has 0 fully saturated rings. The molecule has 1 unspecified atom stereocenters. The molecule has 132 valence electrons. The molecule has 0 radical (unpaired) electrons. The zero-order chi connectivity index (χ0) is 18.3. The van der Waals surface area contributed by atoms with Crippen molar-refractivity contribution in [3.05, 3.63) is 36.7 Å². The minimum atomic E-state index is -0.541. The molecule has 3 N–H and O–H groups in total. The van der Waals surface area contributed by atoms with Crippen LogP contribution in [0.15, 0.2) is 36.7 Å². The molecule has 0 aliphatic carbocycles. The molecule has 8 heteroatoms. The van der Waals surface area contributed by atoms with Crippen LogP contribution in [0.5, 0.6) is 0 Å². The number of fused-ring (bicyclic) bond motifs is 3. The lowest BCUT2D eigenvalue weighted by molar-refractivity contribution is -0.146. The summed E-state index contributed by atoms with van der Waals surface area (Å²) in [4.78, 5) is 16.5. The highest BCUT2D eigenvalue weighted by molar-refractivity contribution is 6.08. The van der Waals surface area contributed by atoms with Crippen molar-refractivity contribution in [2.45, 2.75) is 19.9 Å². The van der Waals surface area contributed by atoms with Crippen LogP contribution in [0.4, 0.5) is 5.82 Å². The lowest BCUT2D eigenvalue weighted by atomic mass is 10.1. The number of esters is 1. The number of hydrogen-bond donors (Lipinski definition) is 2. The van der Waals surface area contributed by atoms with Gasteiger partial charge in [0.15, 0.2) is 0 Å². The number of nitrogens with one attached hydrogen (secondary N) is 1. The van der Waals surface area contributed by atoms with Gasteiger partial charge in [-0.1, -0.05) is 6.07 Å². The minimum Gasteiger partial charge on any atom is -0.464 e. The van der Waals surface area contributed by atoms with Gasteiger partial charge in [-0.15, -0.1) is 0 Å². The van der Waals surface area contributed by atoms with Crippen molar-refractivity contribution in [3.8, 4) is 11.3 Å². The summed E-state index contributed by atoms with van der Waals surface area (Å²) in [5.41, 5.74) is 9.44. The Hall–Kier alpha value is -3.42. The van der Waals surface area contributed by atoms with Gasteiger partial charge in [0, 0.05) is 23.3 Å². The average molecular weight is 350 g/mol. The van der Waals surface area contributed by atoms with Crippen LogP contribution in [0, 0.1) is 0 Å². The maximum atomic E-state index is 12.0. The van der Waals surface area contributed by atoms with Crippen LogP contribution in [-0.2, 0) is 9.53 Å². The predicted octanol–water partition coefficient (Wildman–Crippen LogP) is 2.68. The number of rotatable bonds is 4. The summed E-state index contributed by atoms with van der Waals surface area (Å²) in [5, 5.41) is 13.1. The highest BCUT2D eigenvalue weighted by atomic mass is 16.5. The van der Waals surface area contributed by atoms with E-state index in [-0.39, 0.29) is 5.97 Å². The van der Waals surface area contributed by atoms with Crippen LogP contribution in [-0.4, -0.2) is 37.5 Å². The summed E-state index contributed by atoms with van der Waals surface area (Å²) in [6, 6.07) is 7.21. The third kappa shape index (κ3) is 2.55. The quantitative estimate of drug-likeness (QED) is 0.547. The Labute approximate surface area is 149 Å². The van der Waals surface area contributed by atoms with Crippen LogP contribution in [0.3, 0.4) is 0 Å². The number of anilines is 1. The Balaban J connectivity index is 1.85. The van der Waals surface area contributed by atoms with Crippen molar-refractivity contribution in [3.63, 3.8) is 0 Å². The van der Waals surface area contributed by atoms with E-state index in [1.807, 2.05) is 24.3 Å². The zero-order valence-electron chi connectivity index (χ0n) is 14.4. The normalized spacial score (nSPS) is 12.5. The predicted molar refractivity (Wildman–Crippen MR) is 98.4 cm³/mol. The number of benzene rings is 1. The number of H-pyrrole nitrogens is 1. The van der Waals surface area contributed by atoms with Crippen molar-refractivity contribution >= 4 is 33.6 Å². The monoisotopic (exact) mass is 350 g/mol. The Bertz CT molecular complexity index is 1100. The highest BCUT2D eigenvalue weighted by Crippen LogP contribution is 2.30. The number of nitrogen functional groups attached to an aromatic ring is 1. The first-order valence-corrected chi connectivity index (χ1v) is 8.33. The van der Waals surface area contributed by atoms with Crippen molar-refractivity contribution in [1.29, 1.82) is 0 Å². The van der Waals surface area contributed by atoms with E-state index < -0.39 is 6.04 Å². The van der Waals surface area contributed by atoms with E-state index in [9.17, 15) is 4.79 Å². The van der Waals surface area contributed by atoms with Gasteiger partial charge in [0.05, 0.1) is 23.2 Å². The largest absolute Gasteiger partial charge is 0.464 e. The number of aromatic amines is 1. The second-order valence-corrected chi connectivity index (χ2v) is 6.00. The summed E-state index contributed by atoms with van der Waals surface area (Å²) in [6.45, 7) is 3.84. The molecule has 1 aromatic carbocycles. The molecule has 4 rings (SSSR count). The molecule has 0 aliphatic rings. The summed E-state index contributed by atoms with van der Waals surface area (Å²) in [5.74, 6) is 0.0363. The van der Waals surface area contributed by atoms with E-state index in [4.69, 9.17) is 10.5 Å². The average Bonchev–Trinajstić information content (AvgIpc) is 3.31. The van der Waals surface area contributed by atoms with Gasteiger partial charge in [0.2, 0.25) is 0 Å². The summed E-state index contributed by atoms with van der Waals surface area (Å²) >= 11 is 0. The summed E-state index contributed by atoms with van der Waals surface area (Å²) < 4.78 is 6.65. The SMILES string of the molecule is CCOC(=O)C(C)n1cc2c(N)nc3cc(-c4ccn[nH]4)ccc3c2n1. The first-order chi connectivity index (χ1) is 12.6. The number of carbonyl (C=O) groups is 1. The third-order valence-electron chi connectivity index (χ3n) is 4.34. The van der Waals surface area contributed by atoms with Gasteiger partial charge in [-0.2, -0.15) is 10.2 Å². The lowest BCUT2D eigenvalue weighted by Gasteiger charge is -2.10. The van der Waals surface area contributed by atoms with Gasteiger partial charge in [0.25, 0.3) is 0 Å². The number of aromatic nitrogens is 5. The molecule has 0 saturated heterocycles. The molecular formula is C18H18N6O2. The number of ether oxygens (including phenoxy) is 1. The van der Waals surface area contributed by atoms with E-state index in [0.29, 0.717) is 23.3 Å². The van der Waals surface area contributed by atoms with Crippen molar-refractivity contribution in [1.82, 2.24) is 25.0 Å². The number of nitrogens with two attached hydrogens (primary N) is 1. The van der Waals surface area contributed by atoms with Crippen LogP contribution in [0.25, 0.3) is 33.1 Å². The minimum absolute atomic E-state index is 0.326. The Morgan fingerprint density at radius 1 is 1.35 bits per heavy atom. The Morgan fingerprint density at radius 3 is 2.92 bits per heavy atom. The van der Waals surface area contributed by atoms with E-state index in [0.717, 1.165) is 22.2 Å². The third-order valence-corrected chi connectivity index (χ3v) is 4.34. The van der Waals surface area contributed by atoms with Gasteiger partial charge < -0.3 is 10.5 Å². The molecule has 0 amide bonds. The molecule has 3 heterocycles. The van der Waals surface area contributed by atoms with Crippen LogP contribution in [0.2, 0.25) is 0 Å². The van der Waals surface area contributed by atoms with E-state index >= 15 is 0 Å². The second-order valence-electron chi connectivity index (χ2n) is 6.00. The molecule has 0 bridgehead atoms. The first kappa shape index (κ1) is 16.1. The number of nitrogens with zero attached hydrogens (tertiary/aromatic N) is 4. The number of carbonyl (C=O) groups excluding carboxylic acids is 1. The molecule has 4 aromatic rings. The van der Waals surface area contributed by atoms with E-state index in [2.05, 4.69) is 20.3 Å².